The lowest BCUT2D eigenvalue weighted by Crippen LogP contribution is -2.37. The minimum Gasteiger partial charge on any atom is -0.316 e. The maximum absolute atomic E-state index is 5.22. The molecule has 1 aliphatic rings. The summed E-state index contributed by atoms with van der Waals surface area (Å²) in [6.07, 6.45) is 9.98. The van der Waals surface area contributed by atoms with Gasteiger partial charge in [0.05, 0.1) is 0 Å². The van der Waals surface area contributed by atoms with Crippen LogP contribution < -0.4 is 5.32 Å². The Balaban J connectivity index is 2.06. The van der Waals surface area contributed by atoms with Gasteiger partial charge in [0.25, 0.3) is 0 Å². The summed E-state index contributed by atoms with van der Waals surface area (Å²) in [4.78, 5) is 2.41. The van der Waals surface area contributed by atoms with Gasteiger partial charge < -0.3 is 10.2 Å². The fraction of sp³-hybridized carbons (Fsp3) is 0.833. The van der Waals surface area contributed by atoms with E-state index in [1.165, 1.54) is 32.5 Å². The Kier molecular flexibility index (Phi) is 5.66. The second kappa shape index (κ2) is 6.86. The van der Waals surface area contributed by atoms with Crippen molar-refractivity contribution in [2.75, 3.05) is 33.2 Å². The standard InChI is InChI=1S/C12H22N2/c1-3-4-5-9-14(2)11-12-7-6-8-13-10-12/h1,12-13H,4-11H2,2H3. The van der Waals surface area contributed by atoms with Crippen LogP contribution in [0.2, 0.25) is 0 Å². The van der Waals surface area contributed by atoms with Crippen LogP contribution in [0, 0.1) is 18.3 Å². The van der Waals surface area contributed by atoms with Gasteiger partial charge in [-0.25, -0.2) is 0 Å². The van der Waals surface area contributed by atoms with E-state index in [9.17, 15) is 0 Å². The maximum Gasteiger partial charge on any atom is 0.00982 e. The normalized spacial score (nSPS) is 22.2. The van der Waals surface area contributed by atoms with E-state index < -0.39 is 0 Å². The molecule has 1 aliphatic heterocycles. The molecule has 1 rings (SSSR count). The van der Waals surface area contributed by atoms with Crippen molar-refractivity contribution in [3.05, 3.63) is 0 Å². The summed E-state index contributed by atoms with van der Waals surface area (Å²) in [7, 11) is 2.20. The van der Waals surface area contributed by atoms with Gasteiger partial charge in [0.15, 0.2) is 0 Å². The number of terminal acetylenes is 1. The highest BCUT2D eigenvalue weighted by Crippen LogP contribution is 2.11. The van der Waals surface area contributed by atoms with Crippen LogP contribution in [0.5, 0.6) is 0 Å². The molecule has 1 fully saturated rings. The van der Waals surface area contributed by atoms with E-state index in [4.69, 9.17) is 6.42 Å². The minimum absolute atomic E-state index is 0.847. The zero-order valence-electron chi connectivity index (χ0n) is 9.26. The summed E-state index contributed by atoms with van der Waals surface area (Å²) < 4.78 is 0. The van der Waals surface area contributed by atoms with E-state index in [2.05, 4.69) is 23.2 Å². The molecular formula is C12H22N2. The average Bonchev–Trinajstić information content (AvgIpc) is 2.20. The van der Waals surface area contributed by atoms with Crippen LogP contribution in [0.3, 0.4) is 0 Å². The van der Waals surface area contributed by atoms with Crippen molar-refractivity contribution in [1.29, 1.82) is 0 Å². The van der Waals surface area contributed by atoms with Gasteiger partial charge in [0.2, 0.25) is 0 Å². The van der Waals surface area contributed by atoms with E-state index in [0.29, 0.717) is 0 Å². The molecule has 2 heteroatoms. The van der Waals surface area contributed by atoms with Crippen molar-refractivity contribution in [1.82, 2.24) is 10.2 Å². The number of nitrogens with zero attached hydrogens (tertiary/aromatic N) is 1. The first-order chi connectivity index (χ1) is 6.83. The summed E-state index contributed by atoms with van der Waals surface area (Å²) >= 11 is 0. The molecule has 1 atom stereocenters. The Labute approximate surface area is 88.1 Å². The smallest absolute Gasteiger partial charge is 0.00982 e. The van der Waals surface area contributed by atoms with Crippen LogP contribution in [0.1, 0.15) is 25.7 Å². The van der Waals surface area contributed by atoms with Crippen LogP contribution in [-0.4, -0.2) is 38.1 Å². The molecule has 0 aromatic rings. The molecule has 0 aromatic heterocycles. The first-order valence-corrected chi connectivity index (χ1v) is 5.65. The Morgan fingerprint density at radius 3 is 3.07 bits per heavy atom. The van der Waals surface area contributed by atoms with Gasteiger partial charge in [-0.3, -0.25) is 0 Å². The SMILES string of the molecule is C#CCCCN(C)CC1CCCNC1. The second-order valence-corrected chi connectivity index (χ2v) is 4.28. The second-order valence-electron chi connectivity index (χ2n) is 4.28. The van der Waals surface area contributed by atoms with Gasteiger partial charge in [0, 0.05) is 13.0 Å². The fourth-order valence-corrected chi connectivity index (χ4v) is 2.06. The highest BCUT2D eigenvalue weighted by Gasteiger charge is 2.14. The Morgan fingerprint density at radius 2 is 2.43 bits per heavy atom. The first kappa shape index (κ1) is 11.6. The third kappa shape index (κ3) is 4.64. The lowest BCUT2D eigenvalue weighted by atomic mass is 9.99. The zero-order valence-corrected chi connectivity index (χ0v) is 9.26. The molecule has 14 heavy (non-hydrogen) atoms. The summed E-state index contributed by atoms with van der Waals surface area (Å²) in [5, 5.41) is 3.45. The van der Waals surface area contributed by atoms with Crippen molar-refractivity contribution in [2.45, 2.75) is 25.7 Å². The van der Waals surface area contributed by atoms with Crippen LogP contribution in [0.25, 0.3) is 0 Å². The van der Waals surface area contributed by atoms with E-state index in [-0.39, 0.29) is 0 Å². The maximum atomic E-state index is 5.22. The van der Waals surface area contributed by atoms with Gasteiger partial charge in [-0.1, -0.05) is 0 Å². The van der Waals surface area contributed by atoms with Gasteiger partial charge in [-0.05, 0) is 51.9 Å². The molecule has 1 N–H and O–H groups in total. The number of nitrogens with one attached hydrogen (secondary N) is 1. The van der Waals surface area contributed by atoms with E-state index >= 15 is 0 Å². The lowest BCUT2D eigenvalue weighted by Gasteiger charge is -2.27. The molecular weight excluding hydrogens is 172 g/mol. The van der Waals surface area contributed by atoms with E-state index in [1.54, 1.807) is 0 Å². The van der Waals surface area contributed by atoms with Crippen LogP contribution in [0.4, 0.5) is 0 Å². The van der Waals surface area contributed by atoms with Crippen LogP contribution in [0.15, 0.2) is 0 Å². The molecule has 0 aliphatic carbocycles. The average molecular weight is 194 g/mol. The Morgan fingerprint density at radius 1 is 1.57 bits per heavy atom. The highest BCUT2D eigenvalue weighted by molar-refractivity contribution is 4.83. The van der Waals surface area contributed by atoms with Crippen molar-refractivity contribution < 1.29 is 0 Å². The largest absolute Gasteiger partial charge is 0.316 e. The third-order valence-corrected chi connectivity index (χ3v) is 2.83. The van der Waals surface area contributed by atoms with Crippen molar-refractivity contribution >= 4 is 0 Å². The predicted octanol–water partition coefficient (Wildman–Crippen LogP) is 1.33. The lowest BCUT2D eigenvalue weighted by molar-refractivity contribution is 0.242. The summed E-state index contributed by atoms with van der Waals surface area (Å²) in [6.45, 7) is 4.76. The molecule has 0 spiro atoms. The predicted molar refractivity (Wildman–Crippen MR) is 61.2 cm³/mol. The van der Waals surface area contributed by atoms with Crippen molar-refractivity contribution in [3.63, 3.8) is 0 Å². The fourth-order valence-electron chi connectivity index (χ4n) is 2.06. The van der Waals surface area contributed by atoms with Gasteiger partial charge in [0.1, 0.15) is 0 Å². The van der Waals surface area contributed by atoms with Crippen molar-refractivity contribution in [2.24, 2.45) is 5.92 Å². The molecule has 80 valence electrons. The first-order valence-electron chi connectivity index (χ1n) is 5.65. The molecule has 2 nitrogen and oxygen atoms in total. The number of piperidine rings is 1. The molecule has 1 heterocycles. The Hall–Kier alpha value is -0.520. The molecule has 0 saturated carbocycles. The molecule has 0 bridgehead atoms. The van der Waals surface area contributed by atoms with Gasteiger partial charge >= 0.3 is 0 Å². The highest BCUT2D eigenvalue weighted by atomic mass is 15.1. The van der Waals surface area contributed by atoms with Crippen LogP contribution in [-0.2, 0) is 0 Å². The number of unbranched alkanes of at least 4 members (excludes halogenated alkanes) is 1. The van der Waals surface area contributed by atoms with Gasteiger partial charge in [-0.2, -0.15) is 0 Å². The topological polar surface area (TPSA) is 15.3 Å². The number of hydrogen-bond acceptors (Lipinski definition) is 2. The van der Waals surface area contributed by atoms with E-state index in [0.717, 1.165) is 25.3 Å². The minimum atomic E-state index is 0.847. The number of rotatable bonds is 5. The third-order valence-electron chi connectivity index (χ3n) is 2.83. The van der Waals surface area contributed by atoms with Crippen molar-refractivity contribution in [3.8, 4) is 12.3 Å². The zero-order chi connectivity index (χ0) is 10.2. The quantitative estimate of drug-likeness (QED) is 0.525. The van der Waals surface area contributed by atoms with Crippen LogP contribution >= 0.6 is 0 Å². The molecule has 0 aromatic carbocycles. The van der Waals surface area contributed by atoms with Gasteiger partial charge in [-0.15, -0.1) is 12.3 Å². The molecule has 1 saturated heterocycles. The number of hydrogen-bond donors (Lipinski definition) is 1. The molecule has 0 radical (unpaired) electrons. The molecule has 1 unspecified atom stereocenters. The summed E-state index contributed by atoms with van der Waals surface area (Å²) in [5.41, 5.74) is 0. The molecule has 0 amide bonds. The summed E-state index contributed by atoms with van der Waals surface area (Å²) in [5.74, 6) is 3.53. The summed E-state index contributed by atoms with van der Waals surface area (Å²) in [6, 6.07) is 0. The Bertz CT molecular complexity index is 177. The monoisotopic (exact) mass is 194 g/mol. The van der Waals surface area contributed by atoms with E-state index in [1.807, 2.05) is 0 Å².